The Balaban J connectivity index is 1.81. The van der Waals surface area contributed by atoms with E-state index in [9.17, 15) is 18.4 Å². The molecule has 0 unspecified atom stereocenters. The van der Waals surface area contributed by atoms with Gasteiger partial charge in [-0.3, -0.25) is 9.59 Å². The van der Waals surface area contributed by atoms with E-state index in [2.05, 4.69) is 5.32 Å². The second-order valence-electron chi connectivity index (χ2n) is 6.22. The van der Waals surface area contributed by atoms with Crippen molar-refractivity contribution in [3.8, 4) is 0 Å². The van der Waals surface area contributed by atoms with Crippen LogP contribution in [0.3, 0.4) is 0 Å². The fourth-order valence-corrected chi connectivity index (χ4v) is 3.36. The van der Waals surface area contributed by atoms with E-state index in [-0.39, 0.29) is 17.3 Å². The summed E-state index contributed by atoms with van der Waals surface area (Å²) in [6.45, 7) is 2.01. The number of hydrogen-bond donors (Lipinski definition) is 1. The van der Waals surface area contributed by atoms with Gasteiger partial charge < -0.3 is 9.88 Å². The lowest BCUT2D eigenvalue weighted by molar-refractivity contribution is 0.102. The van der Waals surface area contributed by atoms with Crippen molar-refractivity contribution in [1.82, 2.24) is 4.57 Å². The van der Waals surface area contributed by atoms with Gasteiger partial charge in [0.15, 0.2) is 0 Å². The van der Waals surface area contributed by atoms with Crippen LogP contribution >= 0.6 is 0 Å². The quantitative estimate of drug-likeness (QED) is 0.774. The van der Waals surface area contributed by atoms with Crippen molar-refractivity contribution in [3.05, 3.63) is 75.6 Å². The number of carbonyl (C=O) groups excluding carboxylic acids is 1. The summed E-state index contributed by atoms with van der Waals surface area (Å²) in [6, 6.07) is 8.41. The molecule has 4 nitrogen and oxygen atoms in total. The summed E-state index contributed by atoms with van der Waals surface area (Å²) in [5.74, 6) is -2.35. The molecule has 0 radical (unpaired) electrons. The van der Waals surface area contributed by atoms with E-state index in [0.29, 0.717) is 11.5 Å². The van der Waals surface area contributed by atoms with Gasteiger partial charge >= 0.3 is 0 Å². The molecule has 6 heteroatoms. The van der Waals surface area contributed by atoms with E-state index in [1.807, 2.05) is 17.6 Å². The third kappa shape index (κ3) is 2.41. The van der Waals surface area contributed by atoms with Crippen LogP contribution in [-0.2, 0) is 6.42 Å². The Morgan fingerprint density at radius 2 is 2.04 bits per heavy atom. The molecule has 0 bridgehead atoms. The van der Waals surface area contributed by atoms with Crippen LogP contribution in [0.5, 0.6) is 0 Å². The minimum Gasteiger partial charge on any atom is -0.343 e. The fourth-order valence-electron chi connectivity index (χ4n) is 3.36. The van der Waals surface area contributed by atoms with Crippen LogP contribution in [0.2, 0.25) is 0 Å². The molecular weight excluding hydrogens is 326 g/mol. The summed E-state index contributed by atoms with van der Waals surface area (Å²) < 4.78 is 28.7. The summed E-state index contributed by atoms with van der Waals surface area (Å²) in [5.41, 5.74) is 1.27. The highest BCUT2D eigenvalue weighted by Crippen LogP contribution is 2.31. The van der Waals surface area contributed by atoms with E-state index in [1.165, 1.54) is 6.20 Å². The Morgan fingerprint density at radius 1 is 1.24 bits per heavy atom. The second kappa shape index (κ2) is 5.51. The molecule has 4 rings (SSSR count). The number of anilines is 1. The predicted molar refractivity (Wildman–Crippen MR) is 90.9 cm³/mol. The zero-order chi connectivity index (χ0) is 17.7. The number of carbonyl (C=O) groups is 1. The standard InChI is InChI=1S/C19H14F2N2O2/c1-10-7-11-3-2-4-13-17(11)23(10)9-14(18(13)24)19(25)22-16-6-5-12(20)8-15(16)21/h2-6,8-10H,7H2,1H3,(H,22,25)/t10-/m0/s1. The number of amides is 1. The number of halogens is 2. The molecule has 0 saturated heterocycles. The monoisotopic (exact) mass is 340 g/mol. The molecule has 1 atom stereocenters. The van der Waals surface area contributed by atoms with E-state index in [0.717, 1.165) is 29.6 Å². The SMILES string of the molecule is C[C@H]1Cc2cccc3c(=O)c(C(=O)Nc4ccc(F)cc4F)cn1c23. The molecule has 0 aliphatic carbocycles. The van der Waals surface area contributed by atoms with Crippen molar-refractivity contribution < 1.29 is 13.6 Å². The molecule has 0 fully saturated rings. The van der Waals surface area contributed by atoms with Crippen LogP contribution in [0.1, 0.15) is 28.9 Å². The average Bonchev–Trinajstić information content (AvgIpc) is 2.89. The van der Waals surface area contributed by atoms with Gasteiger partial charge in [0.1, 0.15) is 17.2 Å². The third-order valence-electron chi connectivity index (χ3n) is 4.55. The predicted octanol–water partition coefficient (Wildman–Crippen LogP) is 3.65. The summed E-state index contributed by atoms with van der Waals surface area (Å²) in [4.78, 5) is 25.2. The number of nitrogens with one attached hydrogen (secondary N) is 1. The number of rotatable bonds is 2. The van der Waals surface area contributed by atoms with E-state index >= 15 is 0 Å². The van der Waals surface area contributed by atoms with Gasteiger partial charge in [0, 0.05) is 23.7 Å². The molecule has 2 aromatic carbocycles. The summed E-state index contributed by atoms with van der Waals surface area (Å²) in [5, 5.41) is 2.82. The minimum atomic E-state index is -0.894. The van der Waals surface area contributed by atoms with Crippen molar-refractivity contribution in [2.45, 2.75) is 19.4 Å². The highest BCUT2D eigenvalue weighted by Gasteiger charge is 2.24. The summed E-state index contributed by atoms with van der Waals surface area (Å²) >= 11 is 0. The second-order valence-corrected chi connectivity index (χ2v) is 6.22. The highest BCUT2D eigenvalue weighted by atomic mass is 19.1. The summed E-state index contributed by atoms with van der Waals surface area (Å²) in [7, 11) is 0. The topological polar surface area (TPSA) is 51.1 Å². The Labute approximate surface area is 141 Å². The maximum Gasteiger partial charge on any atom is 0.261 e. The normalized spacial score (nSPS) is 15.6. The first-order valence-electron chi connectivity index (χ1n) is 7.89. The third-order valence-corrected chi connectivity index (χ3v) is 4.55. The van der Waals surface area contributed by atoms with Gasteiger partial charge in [-0.15, -0.1) is 0 Å². The van der Waals surface area contributed by atoms with Gasteiger partial charge in [-0.25, -0.2) is 8.78 Å². The Kier molecular flexibility index (Phi) is 3.42. The molecule has 2 heterocycles. The zero-order valence-corrected chi connectivity index (χ0v) is 13.3. The van der Waals surface area contributed by atoms with Crippen molar-refractivity contribution in [3.63, 3.8) is 0 Å². The molecule has 0 saturated carbocycles. The molecule has 3 aromatic rings. The maximum atomic E-state index is 13.8. The highest BCUT2D eigenvalue weighted by molar-refractivity contribution is 6.06. The molecule has 1 aliphatic rings. The molecule has 1 aliphatic heterocycles. The van der Waals surface area contributed by atoms with Gasteiger partial charge in [-0.1, -0.05) is 12.1 Å². The number of aromatic nitrogens is 1. The van der Waals surface area contributed by atoms with Crippen LogP contribution in [0.4, 0.5) is 14.5 Å². The minimum absolute atomic E-state index is 0.0675. The van der Waals surface area contributed by atoms with Crippen molar-refractivity contribution >= 4 is 22.5 Å². The van der Waals surface area contributed by atoms with Crippen LogP contribution in [0.15, 0.2) is 47.4 Å². The smallest absolute Gasteiger partial charge is 0.261 e. The number of nitrogens with zero attached hydrogens (tertiary/aromatic N) is 1. The maximum absolute atomic E-state index is 13.8. The van der Waals surface area contributed by atoms with Crippen LogP contribution in [0.25, 0.3) is 10.9 Å². The van der Waals surface area contributed by atoms with Gasteiger partial charge in [0.25, 0.3) is 5.91 Å². The van der Waals surface area contributed by atoms with Crippen molar-refractivity contribution in [2.75, 3.05) is 5.32 Å². The number of pyridine rings is 1. The van der Waals surface area contributed by atoms with Crippen LogP contribution in [-0.4, -0.2) is 10.5 Å². The first kappa shape index (κ1) is 15.5. The lowest BCUT2D eigenvalue weighted by Gasteiger charge is -2.13. The first-order chi connectivity index (χ1) is 12.0. The zero-order valence-electron chi connectivity index (χ0n) is 13.3. The Bertz CT molecular complexity index is 1090. The van der Waals surface area contributed by atoms with Gasteiger partial charge in [-0.05, 0) is 37.1 Å². The lowest BCUT2D eigenvalue weighted by atomic mass is 10.1. The van der Waals surface area contributed by atoms with Crippen molar-refractivity contribution in [1.29, 1.82) is 0 Å². The van der Waals surface area contributed by atoms with Gasteiger partial charge in [0.2, 0.25) is 5.43 Å². The van der Waals surface area contributed by atoms with Gasteiger partial charge in [0.05, 0.1) is 11.2 Å². The molecule has 126 valence electrons. The van der Waals surface area contributed by atoms with E-state index in [1.54, 1.807) is 12.1 Å². The number of hydrogen-bond acceptors (Lipinski definition) is 2. The lowest BCUT2D eigenvalue weighted by Crippen LogP contribution is -2.24. The first-order valence-corrected chi connectivity index (χ1v) is 7.89. The Morgan fingerprint density at radius 3 is 2.80 bits per heavy atom. The molecular formula is C19H14F2N2O2. The van der Waals surface area contributed by atoms with E-state index in [4.69, 9.17) is 0 Å². The fraction of sp³-hybridized carbons (Fsp3) is 0.158. The Hall–Kier alpha value is -3.02. The largest absolute Gasteiger partial charge is 0.343 e. The molecule has 0 spiro atoms. The number of benzene rings is 2. The molecule has 25 heavy (non-hydrogen) atoms. The summed E-state index contributed by atoms with van der Waals surface area (Å²) in [6.07, 6.45) is 2.30. The van der Waals surface area contributed by atoms with Crippen LogP contribution < -0.4 is 10.7 Å². The van der Waals surface area contributed by atoms with Crippen LogP contribution in [0, 0.1) is 11.6 Å². The average molecular weight is 340 g/mol. The van der Waals surface area contributed by atoms with E-state index < -0.39 is 23.0 Å². The number of para-hydroxylation sites is 1. The molecule has 1 N–H and O–H groups in total. The van der Waals surface area contributed by atoms with Crippen molar-refractivity contribution in [2.24, 2.45) is 0 Å². The molecule has 1 aromatic heterocycles. The molecule has 1 amide bonds. The van der Waals surface area contributed by atoms with Gasteiger partial charge in [-0.2, -0.15) is 0 Å².